The summed E-state index contributed by atoms with van der Waals surface area (Å²) in [7, 11) is 0. The lowest BCUT2D eigenvalue weighted by molar-refractivity contribution is -0.123. The first kappa shape index (κ1) is 13.9. The SMILES string of the molecule is CC(C)C1CCCCC1NC(=O)Cn1cc(N)cn1. The summed E-state index contributed by atoms with van der Waals surface area (Å²) >= 11 is 0. The fourth-order valence-electron chi connectivity index (χ4n) is 3.00. The van der Waals surface area contributed by atoms with Gasteiger partial charge in [-0.3, -0.25) is 9.48 Å². The molecule has 0 saturated heterocycles. The van der Waals surface area contributed by atoms with Crippen LogP contribution in [0.5, 0.6) is 0 Å². The van der Waals surface area contributed by atoms with E-state index in [1.54, 1.807) is 17.1 Å². The minimum atomic E-state index is 0.0284. The molecule has 0 aromatic carbocycles. The number of carbonyl (C=O) groups is 1. The molecule has 2 rings (SSSR count). The van der Waals surface area contributed by atoms with Gasteiger partial charge in [-0.05, 0) is 24.7 Å². The highest BCUT2D eigenvalue weighted by Crippen LogP contribution is 2.30. The number of hydrogen-bond donors (Lipinski definition) is 2. The topological polar surface area (TPSA) is 72.9 Å². The molecule has 1 heterocycles. The van der Waals surface area contributed by atoms with Crippen LogP contribution in [0.2, 0.25) is 0 Å². The van der Waals surface area contributed by atoms with Gasteiger partial charge in [-0.1, -0.05) is 26.7 Å². The Balaban J connectivity index is 1.89. The highest BCUT2D eigenvalue weighted by atomic mass is 16.2. The first-order valence-corrected chi connectivity index (χ1v) is 7.13. The van der Waals surface area contributed by atoms with Gasteiger partial charge in [-0.2, -0.15) is 5.10 Å². The molecule has 2 unspecified atom stereocenters. The summed E-state index contributed by atoms with van der Waals surface area (Å²) in [6.45, 7) is 4.73. The number of nitrogens with two attached hydrogens (primary N) is 1. The van der Waals surface area contributed by atoms with Crippen LogP contribution >= 0.6 is 0 Å². The second-order valence-corrected chi connectivity index (χ2v) is 5.84. The summed E-state index contributed by atoms with van der Waals surface area (Å²) in [5.74, 6) is 1.24. The van der Waals surface area contributed by atoms with E-state index in [9.17, 15) is 4.79 Å². The summed E-state index contributed by atoms with van der Waals surface area (Å²) in [4.78, 5) is 12.0. The monoisotopic (exact) mass is 264 g/mol. The van der Waals surface area contributed by atoms with Gasteiger partial charge in [-0.15, -0.1) is 0 Å². The lowest BCUT2D eigenvalue weighted by atomic mass is 9.78. The summed E-state index contributed by atoms with van der Waals surface area (Å²) in [5, 5.41) is 7.20. The molecule has 106 valence electrons. The maximum atomic E-state index is 12.0. The lowest BCUT2D eigenvalue weighted by Crippen LogP contribution is -2.45. The van der Waals surface area contributed by atoms with E-state index in [-0.39, 0.29) is 12.5 Å². The molecule has 0 radical (unpaired) electrons. The molecular weight excluding hydrogens is 240 g/mol. The molecule has 2 atom stereocenters. The molecule has 1 saturated carbocycles. The van der Waals surface area contributed by atoms with E-state index in [1.807, 2.05) is 0 Å². The van der Waals surface area contributed by atoms with Crippen molar-refractivity contribution in [3.05, 3.63) is 12.4 Å². The van der Waals surface area contributed by atoms with Crippen molar-refractivity contribution >= 4 is 11.6 Å². The first-order valence-electron chi connectivity index (χ1n) is 7.13. The number of aromatic nitrogens is 2. The molecular formula is C14H24N4O. The third-order valence-electron chi connectivity index (χ3n) is 3.98. The number of hydrogen-bond acceptors (Lipinski definition) is 3. The maximum Gasteiger partial charge on any atom is 0.241 e. The normalized spacial score (nSPS) is 23.5. The molecule has 1 fully saturated rings. The Bertz CT molecular complexity index is 427. The van der Waals surface area contributed by atoms with Crippen LogP contribution in [-0.4, -0.2) is 21.7 Å². The van der Waals surface area contributed by atoms with Crippen molar-refractivity contribution in [2.24, 2.45) is 11.8 Å². The molecule has 1 aliphatic rings. The molecule has 1 aliphatic carbocycles. The van der Waals surface area contributed by atoms with Crippen molar-refractivity contribution in [2.75, 3.05) is 5.73 Å². The molecule has 19 heavy (non-hydrogen) atoms. The molecule has 0 aliphatic heterocycles. The minimum absolute atomic E-state index is 0.0284. The van der Waals surface area contributed by atoms with Crippen LogP contribution in [0.3, 0.4) is 0 Å². The number of nitrogen functional groups attached to an aromatic ring is 1. The second-order valence-electron chi connectivity index (χ2n) is 5.84. The number of anilines is 1. The van der Waals surface area contributed by atoms with E-state index in [0.29, 0.717) is 23.6 Å². The lowest BCUT2D eigenvalue weighted by Gasteiger charge is -2.34. The van der Waals surface area contributed by atoms with Crippen LogP contribution in [0, 0.1) is 11.8 Å². The summed E-state index contributed by atoms with van der Waals surface area (Å²) in [6, 6.07) is 0.314. The van der Waals surface area contributed by atoms with E-state index in [4.69, 9.17) is 5.73 Å². The van der Waals surface area contributed by atoms with Crippen LogP contribution in [0.1, 0.15) is 39.5 Å². The van der Waals surface area contributed by atoms with Gasteiger partial charge in [0.2, 0.25) is 5.91 Å². The molecule has 0 bridgehead atoms. The predicted molar refractivity (Wildman–Crippen MR) is 75.4 cm³/mol. The van der Waals surface area contributed by atoms with Gasteiger partial charge in [0, 0.05) is 12.2 Å². The van der Waals surface area contributed by atoms with Gasteiger partial charge in [0.05, 0.1) is 11.9 Å². The van der Waals surface area contributed by atoms with E-state index in [0.717, 1.165) is 6.42 Å². The Labute approximate surface area is 114 Å². The Morgan fingerprint density at radius 2 is 2.26 bits per heavy atom. The van der Waals surface area contributed by atoms with Crippen molar-refractivity contribution < 1.29 is 4.79 Å². The average molecular weight is 264 g/mol. The summed E-state index contributed by atoms with van der Waals surface area (Å²) < 4.78 is 1.58. The molecule has 3 N–H and O–H groups in total. The van der Waals surface area contributed by atoms with Crippen LogP contribution in [0.4, 0.5) is 5.69 Å². The van der Waals surface area contributed by atoms with Gasteiger partial charge in [-0.25, -0.2) is 0 Å². The van der Waals surface area contributed by atoms with Gasteiger partial charge in [0.15, 0.2) is 0 Å². The fraction of sp³-hybridized carbons (Fsp3) is 0.714. The third kappa shape index (κ3) is 3.72. The predicted octanol–water partition coefficient (Wildman–Crippen LogP) is 1.80. The van der Waals surface area contributed by atoms with Gasteiger partial charge >= 0.3 is 0 Å². The van der Waals surface area contributed by atoms with E-state index in [2.05, 4.69) is 24.3 Å². The van der Waals surface area contributed by atoms with E-state index >= 15 is 0 Å². The van der Waals surface area contributed by atoms with Crippen LogP contribution in [-0.2, 0) is 11.3 Å². The average Bonchev–Trinajstić information content (AvgIpc) is 2.75. The number of carbonyl (C=O) groups excluding carboxylic acids is 1. The van der Waals surface area contributed by atoms with Gasteiger partial charge in [0.25, 0.3) is 0 Å². The van der Waals surface area contributed by atoms with Gasteiger partial charge in [0.1, 0.15) is 6.54 Å². The highest BCUT2D eigenvalue weighted by molar-refractivity contribution is 5.76. The molecule has 0 spiro atoms. The second kappa shape index (κ2) is 6.08. The Morgan fingerprint density at radius 1 is 1.53 bits per heavy atom. The fourth-order valence-corrected chi connectivity index (χ4v) is 3.00. The minimum Gasteiger partial charge on any atom is -0.396 e. The van der Waals surface area contributed by atoms with Crippen molar-refractivity contribution in [2.45, 2.75) is 52.1 Å². The van der Waals surface area contributed by atoms with Crippen molar-refractivity contribution in [1.82, 2.24) is 15.1 Å². The molecule has 5 nitrogen and oxygen atoms in total. The van der Waals surface area contributed by atoms with Crippen molar-refractivity contribution in [1.29, 1.82) is 0 Å². The largest absolute Gasteiger partial charge is 0.396 e. The Morgan fingerprint density at radius 3 is 2.89 bits per heavy atom. The highest BCUT2D eigenvalue weighted by Gasteiger charge is 2.28. The summed E-state index contributed by atoms with van der Waals surface area (Å²) in [5.41, 5.74) is 6.17. The van der Waals surface area contributed by atoms with Crippen LogP contribution in [0.25, 0.3) is 0 Å². The maximum absolute atomic E-state index is 12.0. The molecule has 1 aromatic rings. The summed E-state index contributed by atoms with van der Waals surface area (Å²) in [6.07, 6.45) is 8.05. The number of nitrogens with zero attached hydrogens (tertiary/aromatic N) is 2. The van der Waals surface area contributed by atoms with E-state index < -0.39 is 0 Å². The van der Waals surface area contributed by atoms with Crippen LogP contribution < -0.4 is 11.1 Å². The molecule has 5 heteroatoms. The molecule has 1 amide bonds. The standard InChI is InChI=1S/C14H24N4O/c1-10(2)12-5-3-4-6-13(12)17-14(19)9-18-8-11(15)7-16-18/h7-8,10,12-13H,3-6,9,15H2,1-2H3,(H,17,19). The molecule has 1 aromatic heterocycles. The van der Waals surface area contributed by atoms with E-state index in [1.165, 1.54) is 19.3 Å². The zero-order valence-electron chi connectivity index (χ0n) is 11.8. The smallest absolute Gasteiger partial charge is 0.241 e. The van der Waals surface area contributed by atoms with Crippen LogP contribution in [0.15, 0.2) is 12.4 Å². The first-order chi connectivity index (χ1) is 9.06. The van der Waals surface area contributed by atoms with Crippen molar-refractivity contribution in [3.63, 3.8) is 0 Å². The Kier molecular flexibility index (Phi) is 4.45. The van der Waals surface area contributed by atoms with Gasteiger partial charge < -0.3 is 11.1 Å². The van der Waals surface area contributed by atoms with Crippen molar-refractivity contribution in [3.8, 4) is 0 Å². The quantitative estimate of drug-likeness (QED) is 0.871. The zero-order chi connectivity index (χ0) is 13.8. The third-order valence-corrected chi connectivity index (χ3v) is 3.98. The number of nitrogens with one attached hydrogen (secondary N) is 1. The Hall–Kier alpha value is -1.52. The zero-order valence-corrected chi connectivity index (χ0v) is 11.8. The number of rotatable bonds is 4. The number of amides is 1.